The molecule has 1 atom stereocenters. The van der Waals surface area contributed by atoms with E-state index in [1.807, 2.05) is 31.3 Å². The van der Waals surface area contributed by atoms with Crippen LogP contribution in [0.15, 0.2) is 59.0 Å². The summed E-state index contributed by atoms with van der Waals surface area (Å²) < 4.78 is 18.9. The summed E-state index contributed by atoms with van der Waals surface area (Å²) in [7, 11) is 1.98. The van der Waals surface area contributed by atoms with Crippen LogP contribution in [0.2, 0.25) is 5.02 Å². The number of benzene rings is 2. The number of hydrogen-bond donors (Lipinski definition) is 2. The lowest BCUT2D eigenvalue weighted by Crippen LogP contribution is -2.29. The van der Waals surface area contributed by atoms with Crippen molar-refractivity contribution in [2.75, 3.05) is 30.4 Å². The standard InChI is InChI=1S/C22H21ClFN3O2/c1-25-16-10-11-27(13-16)17-5-3-15(4-6-17)26-22(28)21-9-8-20(29-21)14-2-7-19(24)18(23)12-14/h2-9,12,16,25H,10-11,13H2,1H3,(H,26,28). The van der Waals surface area contributed by atoms with E-state index in [4.69, 9.17) is 16.0 Å². The molecule has 7 heteroatoms. The van der Waals surface area contributed by atoms with Gasteiger partial charge in [0.25, 0.3) is 5.91 Å². The van der Waals surface area contributed by atoms with Crippen molar-refractivity contribution in [3.8, 4) is 11.3 Å². The fourth-order valence-electron chi connectivity index (χ4n) is 3.44. The average molecular weight is 414 g/mol. The monoisotopic (exact) mass is 413 g/mol. The Hall–Kier alpha value is -2.83. The lowest BCUT2D eigenvalue weighted by Gasteiger charge is -2.19. The molecule has 0 spiro atoms. The minimum Gasteiger partial charge on any atom is -0.451 e. The molecule has 150 valence electrons. The molecule has 0 aliphatic carbocycles. The number of nitrogens with one attached hydrogen (secondary N) is 2. The zero-order valence-corrected chi connectivity index (χ0v) is 16.7. The Bertz CT molecular complexity index is 1020. The molecule has 1 fully saturated rings. The van der Waals surface area contributed by atoms with Crippen LogP contribution in [0.1, 0.15) is 17.0 Å². The van der Waals surface area contributed by atoms with Crippen LogP contribution >= 0.6 is 11.6 Å². The van der Waals surface area contributed by atoms with E-state index in [9.17, 15) is 9.18 Å². The number of carbonyl (C=O) groups is 1. The smallest absolute Gasteiger partial charge is 0.291 e. The van der Waals surface area contributed by atoms with E-state index < -0.39 is 5.82 Å². The highest BCUT2D eigenvalue weighted by atomic mass is 35.5. The highest BCUT2D eigenvalue weighted by Crippen LogP contribution is 2.27. The lowest BCUT2D eigenvalue weighted by atomic mass is 10.2. The fourth-order valence-corrected chi connectivity index (χ4v) is 3.62. The SMILES string of the molecule is CNC1CCN(c2ccc(NC(=O)c3ccc(-c4ccc(F)c(Cl)c4)o3)cc2)C1. The predicted molar refractivity (Wildman–Crippen MR) is 113 cm³/mol. The van der Waals surface area contributed by atoms with Gasteiger partial charge in [-0.15, -0.1) is 0 Å². The molecular weight excluding hydrogens is 393 g/mol. The van der Waals surface area contributed by atoms with E-state index >= 15 is 0 Å². The van der Waals surface area contributed by atoms with E-state index in [1.54, 1.807) is 18.2 Å². The molecule has 1 aliphatic rings. The first-order valence-corrected chi connectivity index (χ1v) is 9.80. The first-order chi connectivity index (χ1) is 14.0. The number of hydrogen-bond acceptors (Lipinski definition) is 4. The van der Waals surface area contributed by atoms with Gasteiger partial charge in [0.15, 0.2) is 5.76 Å². The summed E-state index contributed by atoms with van der Waals surface area (Å²) in [5.74, 6) is -0.242. The van der Waals surface area contributed by atoms with Crippen molar-refractivity contribution in [2.24, 2.45) is 0 Å². The second-order valence-corrected chi connectivity index (χ2v) is 7.42. The topological polar surface area (TPSA) is 57.5 Å². The van der Waals surface area contributed by atoms with E-state index in [-0.39, 0.29) is 16.7 Å². The summed E-state index contributed by atoms with van der Waals surface area (Å²) in [6, 6.07) is 15.8. The van der Waals surface area contributed by atoms with Crippen LogP contribution in [0.3, 0.4) is 0 Å². The first kappa shape index (κ1) is 19.5. The Labute approximate surface area is 173 Å². The van der Waals surface area contributed by atoms with Crippen molar-refractivity contribution in [3.63, 3.8) is 0 Å². The van der Waals surface area contributed by atoms with Crippen molar-refractivity contribution < 1.29 is 13.6 Å². The molecule has 29 heavy (non-hydrogen) atoms. The van der Waals surface area contributed by atoms with Crippen LogP contribution in [-0.4, -0.2) is 32.1 Å². The fraction of sp³-hybridized carbons (Fsp3) is 0.227. The van der Waals surface area contributed by atoms with Crippen LogP contribution in [0.25, 0.3) is 11.3 Å². The van der Waals surface area contributed by atoms with Crippen molar-refractivity contribution in [1.82, 2.24) is 5.32 Å². The van der Waals surface area contributed by atoms with Gasteiger partial charge in [-0.1, -0.05) is 11.6 Å². The van der Waals surface area contributed by atoms with Crippen LogP contribution < -0.4 is 15.5 Å². The van der Waals surface area contributed by atoms with Crippen molar-refractivity contribution >= 4 is 28.9 Å². The molecule has 1 saturated heterocycles. The largest absolute Gasteiger partial charge is 0.451 e. The van der Waals surface area contributed by atoms with E-state index in [2.05, 4.69) is 15.5 Å². The lowest BCUT2D eigenvalue weighted by molar-refractivity contribution is 0.0997. The van der Waals surface area contributed by atoms with Gasteiger partial charge in [0.05, 0.1) is 5.02 Å². The number of carbonyl (C=O) groups excluding carboxylic acids is 1. The maximum Gasteiger partial charge on any atom is 0.291 e. The molecule has 0 bridgehead atoms. The third-order valence-electron chi connectivity index (χ3n) is 5.12. The number of anilines is 2. The van der Waals surface area contributed by atoms with E-state index in [0.29, 0.717) is 23.1 Å². The van der Waals surface area contributed by atoms with Crippen LogP contribution in [-0.2, 0) is 0 Å². The number of likely N-dealkylation sites (N-methyl/N-ethyl adjacent to an activating group) is 1. The molecule has 1 unspecified atom stereocenters. The van der Waals surface area contributed by atoms with E-state index in [1.165, 1.54) is 12.1 Å². The molecule has 1 aliphatic heterocycles. The van der Waals surface area contributed by atoms with Gasteiger partial charge in [-0.2, -0.15) is 0 Å². The van der Waals surface area contributed by atoms with Gasteiger partial charge >= 0.3 is 0 Å². The Morgan fingerprint density at radius 2 is 1.97 bits per heavy atom. The van der Waals surface area contributed by atoms with Crippen molar-refractivity contribution in [3.05, 3.63) is 71.2 Å². The predicted octanol–water partition coefficient (Wildman–Crippen LogP) is 4.79. The molecule has 1 aromatic heterocycles. The van der Waals surface area contributed by atoms with Crippen molar-refractivity contribution in [2.45, 2.75) is 12.5 Å². The molecule has 0 radical (unpaired) electrons. The minimum absolute atomic E-state index is 0.00373. The molecular formula is C22H21ClFN3O2. The Morgan fingerprint density at radius 1 is 1.17 bits per heavy atom. The first-order valence-electron chi connectivity index (χ1n) is 9.42. The highest BCUT2D eigenvalue weighted by molar-refractivity contribution is 6.31. The molecule has 4 rings (SSSR count). The summed E-state index contributed by atoms with van der Waals surface area (Å²) in [6.07, 6.45) is 1.12. The number of rotatable bonds is 5. The van der Waals surface area contributed by atoms with Crippen molar-refractivity contribution in [1.29, 1.82) is 0 Å². The van der Waals surface area contributed by atoms with Gasteiger partial charge in [-0.3, -0.25) is 4.79 Å². The van der Waals surface area contributed by atoms with Crippen LogP contribution in [0.4, 0.5) is 15.8 Å². The molecule has 2 heterocycles. The summed E-state index contributed by atoms with van der Waals surface area (Å²) in [5, 5.41) is 6.14. The Morgan fingerprint density at radius 3 is 2.66 bits per heavy atom. The molecule has 0 saturated carbocycles. The third kappa shape index (κ3) is 4.28. The normalized spacial score (nSPS) is 16.2. The summed E-state index contributed by atoms with van der Waals surface area (Å²) >= 11 is 5.81. The maximum absolute atomic E-state index is 13.3. The second kappa shape index (κ2) is 8.27. The number of halogens is 2. The van der Waals surface area contributed by atoms with Gasteiger partial charge in [-0.25, -0.2) is 4.39 Å². The van der Waals surface area contributed by atoms with Gasteiger partial charge in [0.1, 0.15) is 11.6 Å². The summed E-state index contributed by atoms with van der Waals surface area (Å²) in [6.45, 7) is 1.99. The maximum atomic E-state index is 13.3. The molecule has 1 amide bonds. The number of amides is 1. The quantitative estimate of drug-likeness (QED) is 0.631. The molecule has 2 aromatic carbocycles. The highest BCUT2D eigenvalue weighted by Gasteiger charge is 2.21. The zero-order chi connectivity index (χ0) is 20.4. The van der Waals surface area contributed by atoms with Gasteiger partial charge in [0.2, 0.25) is 0 Å². The van der Waals surface area contributed by atoms with Gasteiger partial charge in [0, 0.05) is 36.1 Å². The summed E-state index contributed by atoms with van der Waals surface area (Å²) in [5.41, 5.74) is 2.42. The Balaban J connectivity index is 1.42. The minimum atomic E-state index is -0.501. The summed E-state index contributed by atoms with van der Waals surface area (Å²) in [4.78, 5) is 14.8. The molecule has 3 aromatic rings. The molecule has 5 nitrogen and oxygen atoms in total. The van der Waals surface area contributed by atoms with Crippen LogP contribution in [0.5, 0.6) is 0 Å². The second-order valence-electron chi connectivity index (χ2n) is 7.01. The van der Waals surface area contributed by atoms with Gasteiger partial charge in [-0.05, 0) is 68.1 Å². The number of furan rings is 1. The number of nitrogens with zero attached hydrogens (tertiary/aromatic N) is 1. The van der Waals surface area contributed by atoms with E-state index in [0.717, 1.165) is 25.2 Å². The molecule has 2 N–H and O–H groups in total. The Kier molecular flexibility index (Phi) is 5.56. The van der Waals surface area contributed by atoms with Crippen LogP contribution in [0, 0.1) is 5.82 Å². The average Bonchev–Trinajstić information content (AvgIpc) is 3.40. The third-order valence-corrected chi connectivity index (χ3v) is 5.41. The van der Waals surface area contributed by atoms with Gasteiger partial charge < -0.3 is 20.0 Å². The zero-order valence-electron chi connectivity index (χ0n) is 15.9.